The molecule has 1 N–H and O–H groups in total. The second-order valence-corrected chi connectivity index (χ2v) is 7.46. The topological polar surface area (TPSA) is 67.9 Å². The first-order chi connectivity index (χ1) is 12.8. The molecule has 3 amide bonds. The van der Waals surface area contributed by atoms with Gasteiger partial charge in [-0.05, 0) is 52.2 Å². The molecular weight excluding hydrogens is 436 g/mol. The number of carbonyl (C=O) groups excluding carboxylic acids is 2. The molecule has 142 valence electrons. The molecule has 2 aromatic rings. The lowest BCUT2D eigenvalue weighted by atomic mass is 9.92. The summed E-state index contributed by atoms with van der Waals surface area (Å²) >= 11 is 9.40. The molecule has 1 atom stereocenters. The van der Waals surface area contributed by atoms with Crippen molar-refractivity contribution in [2.75, 3.05) is 14.2 Å². The molecule has 0 radical (unpaired) electrons. The average Bonchev–Trinajstić information content (AvgIpc) is 2.87. The number of methoxy groups -OCH3 is 2. The maximum atomic E-state index is 13.1. The van der Waals surface area contributed by atoms with Crippen molar-refractivity contribution in [3.8, 4) is 11.5 Å². The second kappa shape index (κ2) is 7.40. The van der Waals surface area contributed by atoms with Crippen LogP contribution in [0.5, 0.6) is 11.5 Å². The van der Waals surface area contributed by atoms with Gasteiger partial charge in [-0.25, -0.2) is 4.79 Å². The van der Waals surface area contributed by atoms with E-state index in [1.165, 1.54) is 12.0 Å². The number of amides is 3. The monoisotopic (exact) mass is 452 g/mol. The fourth-order valence-corrected chi connectivity index (χ4v) is 3.78. The molecule has 3 rings (SSSR count). The minimum absolute atomic E-state index is 0.0920. The first-order valence-corrected chi connectivity index (χ1v) is 9.28. The average molecular weight is 454 g/mol. The molecule has 0 spiro atoms. The van der Waals surface area contributed by atoms with E-state index in [1.807, 2.05) is 0 Å². The van der Waals surface area contributed by atoms with Crippen LogP contribution in [0.25, 0.3) is 0 Å². The molecule has 1 fully saturated rings. The summed E-state index contributed by atoms with van der Waals surface area (Å²) in [4.78, 5) is 26.8. The lowest BCUT2D eigenvalue weighted by Crippen LogP contribution is -2.40. The van der Waals surface area contributed by atoms with Crippen LogP contribution >= 0.6 is 27.5 Å². The Morgan fingerprint density at radius 1 is 1.11 bits per heavy atom. The van der Waals surface area contributed by atoms with Crippen LogP contribution in [0.4, 0.5) is 4.79 Å². The number of hydrogen-bond acceptors (Lipinski definition) is 4. The van der Waals surface area contributed by atoms with Crippen LogP contribution in [0.15, 0.2) is 40.9 Å². The largest absolute Gasteiger partial charge is 0.493 e. The number of halogens is 2. The van der Waals surface area contributed by atoms with Gasteiger partial charge in [0.2, 0.25) is 0 Å². The molecule has 1 unspecified atom stereocenters. The van der Waals surface area contributed by atoms with Crippen molar-refractivity contribution in [2.24, 2.45) is 0 Å². The van der Waals surface area contributed by atoms with Crippen molar-refractivity contribution in [1.29, 1.82) is 0 Å². The fraction of sp³-hybridized carbons (Fsp3) is 0.263. The molecule has 0 aromatic heterocycles. The van der Waals surface area contributed by atoms with Crippen LogP contribution in [0.1, 0.15) is 18.1 Å². The molecule has 0 aliphatic carbocycles. The highest BCUT2D eigenvalue weighted by atomic mass is 79.9. The van der Waals surface area contributed by atoms with E-state index in [0.29, 0.717) is 26.6 Å². The van der Waals surface area contributed by atoms with E-state index in [-0.39, 0.29) is 12.5 Å². The zero-order valence-electron chi connectivity index (χ0n) is 15.0. The smallest absolute Gasteiger partial charge is 0.325 e. The third-order valence-electron chi connectivity index (χ3n) is 4.59. The Morgan fingerprint density at radius 3 is 2.37 bits per heavy atom. The minimum atomic E-state index is -1.15. The number of rotatable bonds is 5. The number of hydrogen-bond donors (Lipinski definition) is 1. The molecule has 1 aliphatic heterocycles. The van der Waals surface area contributed by atoms with Crippen LogP contribution in [0.3, 0.4) is 0 Å². The van der Waals surface area contributed by atoms with Crippen LogP contribution < -0.4 is 14.8 Å². The first-order valence-electron chi connectivity index (χ1n) is 8.11. The van der Waals surface area contributed by atoms with Gasteiger partial charge in [0.05, 0.1) is 25.2 Å². The summed E-state index contributed by atoms with van der Waals surface area (Å²) in [6, 6.07) is 9.90. The molecule has 8 heteroatoms. The van der Waals surface area contributed by atoms with E-state index >= 15 is 0 Å². The number of nitrogens with one attached hydrogen (secondary N) is 1. The van der Waals surface area contributed by atoms with Gasteiger partial charge in [0.1, 0.15) is 5.54 Å². The van der Waals surface area contributed by atoms with Crippen molar-refractivity contribution < 1.29 is 19.1 Å². The number of benzene rings is 2. The lowest BCUT2D eigenvalue weighted by molar-refractivity contribution is -0.131. The van der Waals surface area contributed by atoms with Gasteiger partial charge in [-0.1, -0.05) is 29.8 Å². The first kappa shape index (κ1) is 19.5. The molecule has 2 aromatic carbocycles. The molecule has 6 nitrogen and oxygen atoms in total. The Bertz CT molecular complexity index is 903. The SMILES string of the molecule is COc1ccc(CN2C(=O)NC(C)(c3ccc(Cl)cc3)C2=O)c(Br)c1OC. The number of carbonyl (C=O) groups is 2. The Balaban J connectivity index is 1.92. The zero-order valence-corrected chi connectivity index (χ0v) is 17.3. The molecule has 1 heterocycles. The number of ether oxygens (including phenoxy) is 2. The van der Waals surface area contributed by atoms with Crippen LogP contribution in [-0.4, -0.2) is 31.1 Å². The van der Waals surface area contributed by atoms with Crippen LogP contribution in [-0.2, 0) is 16.9 Å². The zero-order chi connectivity index (χ0) is 19.8. The quantitative estimate of drug-likeness (QED) is 0.693. The Hall–Kier alpha value is -2.25. The summed E-state index contributed by atoms with van der Waals surface area (Å²) in [5.74, 6) is 0.718. The van der Waals surface area contributed by atoms with Crippen molar-refractivity contribution in [3.05, 3.63) is 57.0 Å². The Morgan fingerprint density at radius 2 is 1.78 bits per heavy atom. The van der Waals surface area contributed by atoms with Crippen molar-refractivity contribution in [3.63, 3.8) is 0 Å². The molecule has 0 saturated carbocycles. The number of urea groups is 1. The molecular formula is C19H18BrClN2O4. The second-order valence-electron chi connectivity index (χ2n) is 6.23. The van der Waals surface area contributed by atoms with Gasteiger partial charge in [0.25, 0.3) is 5.91 Å². The highest BCUT2D eigenvalue weighted by Crippen LogP contribution is 2.39. The van der Waals surface area contributed by atoms with Crippen molar-refractivity contribution in [2.45, 2.75) is 19.0 Å². The van der Waals surface area contributed by atoms with Gasteiger partial charge in [0, 0.05) is 5.02 Å². The highest BCUT2D eigenvalue weighted by Gasteiger charge is 2.49. The maximum Gasteiger partial charge on any atom is 0.325 e. The molecule has 0 bridgehead atoms. The fourth-order valence-electron chi connectivity index (χ4n) is 3.04. The standard InChI is InChI=1S/C19H18BrClN2O4/c1-19(12-5-7-13(21)8-6-12)17(24)23(18(25)22-19)10-11-4-9-14(26-2)16(27-3)15(11)20/h4-9H,10H2,1-3H3,(H,22,25). The van der Waals surface area contributed by atoms with Crippen LogP contribution in [0.2, 0.25) is 5.02 Å². The lowest BCUT2D eigenvalue weighted by Gasteiger charge is -2.22. The van der Waals surface area contributed by atoms with Gasteiger partial charge in [-0.15, -0.1) is 0 Å². The Kier molecular flexibility index (Phi) is 5.35. The van der Waals surface area contributed by atoms with E-state index in [9.17, 15) is 9.59 Å². The van der Waals surface area contributed by atoms with Crippen molar-refractivity contribution in [1.82, 2.24) is 10.2 Å². The normalized spacial score (nSPS) is 19.2. The van der Waals surface area contributed by atoms with E-state index < -0.39 is 11.6 Å². The van der Waals surface area contributed by atoms with E-state index in [4.69, 9.17) is 21.1 Å². The van der Waals surface area contributed by atoms with Gasteiger partial charge < -0.3 is 14.8 Å². The predicted molar refractivity (Wildman–Crippen MR) is 105 cm³/mol. The predicted octanol–water partition coefficient (Wildman–Crippen LogP) is 4.09. The number of imide groups is 1. The highest BCUT2D eigenvalue weighted by molar-refractivity contribution is 9.10. The van der Waals surface area contributed by atoms with Gasteiger partial charge >= 0.3 is 6.03 Å². The number of nitrogens with zero attached hydrogens (tertiary/aromatic N) is 1. The van der Waals surface area contributed by atoms with Crippen molar-refractivity contribution >= 4 is 39.5 Å². The summed E-state index contributed by atoms with van der Waals surface area (Å²) in [7, 11) is 3.07. The van der Waals surface area contributed by atoms with Gasteiger partial charge in [-0.3, -0.25) is 9.69 Å². The molecule has 1 saturated heterocycles. The van der Waals surface area contributed by atoms with Gasteiger partial charge in [-0.2, -0.15) is 0 Å². The minimum Gasteiger partial charge on any atom is -0.493 e. The summed E-state index contributed by atoms with van der Waals surface area (Å²) in [6.07, 6.45) is 0. The summed E-state index contributed by atoms with van der Waals surface area (Å²) in [5, 5.41) is 3.34. The maximum absolute atomic E-state index is 13.1. The van der Waals surface area contributed by atoms with Gasteiger partial charge in [0.15, 0.2) is 11.5 Å². The van der Waals surface area contributed by atoms with E-state index in [2.05, 4.69) is 21.2 Å². The third kappa shape index (κ3) is 3.37. The molecule has 27 heavy (non-hydrogen) atoms. The van der Waals surface area contributed by atoms with E-state index in [1.54, 1.807) is 50.4 Å². The third-order valence-corrected chi connectivity index (χ3v) is 5.71. The summed E-state index contributed by atoms with van der Waals surface area (Å²) in [5.41, 5.74) is 0.237. The Labute approximate surface area is 170 Å². The molecule has 1 aliphatic rings. The van der Waals surface area contributed by atoms with Crippen LogP contribution in [0, 0.1) is 0 Å². The summed E-state index contributed by atoms with van der Waals surface area (Å²) < 4.78 is 11.2. The summed E-state index contributed by atoms with van der Waals surface area (Å²) in [6.45, 7) is 1.77. The van der Waals surface area contributed by atoms with E-state index in [0.717, 1.165) is 5.56 Å².